The molecule has 0 atom stereocenters. The Morgan fingerprint density at radius 2 is 1.94 bits per heavy atom. The van der Waals surface area contributed by atoms with Crippen LogP contribution in [0, 0.1) is 0 Å². The van der Waals surface area contributed by atoms with Gasteiger partial charge in [-0.3, -0.25) is 4.79 Å². The first kappa shape index (κ1) is 14.5. The third-order valence-corrected chi connectivity index (χ3v) is 2.47. The predicted octanol–water partition coefficient (Wildman–Crippen LogP) is 1.70. The van der Waals surface area contributed by atoms with Crippen LogP contribution in [0.3, 0.4) is 0 Å². The van der Waals surface area contributed by atoms with Gasteiger partial charge >= 0.3 is 0 Å². The van der Waals surface area contributed by atoms with E-state index in [-0.39, 0.29) is 5.91 Å². The van der Waals surface area contributed by atoms with E-state index in [9.17, 15) is 4.79 Å². The first-order valence-corrected chi connectivity index (χ1v) is 6.45. The molecule has 0 spiro atoms. The summed E-state index contributed by atoms with van der Waals surface area (Å²) in [7, 11) is 0. The zero-order valence-electron chi connectivity index (χ0n) is 11.2. The van der Waals surface area contributed by atoms with Gasteiger partial charge in [0.05, 0.1) is 6.61 Å². The van der Waals surface area contributed by atoms with Crippen LogP contribution in [0.1, 0.15) is 25.8 Å². The van der Waals surface area contributed by atoms with E-state index in [0.29, 0.717) is 26.1 Å². The molecule has 4 nitrogen and oxygen atoms in total. The number of hydrogen-bond donors (Lipinski definition) is 2. The molecule has 0 unspecified atom stereocenters. The summed E-state index contributed by atoms with van der Waals surface area (Å²) in [6.45, 7) is 6.73. The lowest BCUT2D eigenvalue weighted by molar-refractivity contribution is -0.120. The quantitative estimate of drug-likeness (QED) is 0.690. The summed E-state index contributed by atoms with van der Waals surface area (Å²) in [5, 5.41) is 6.01. The summed E-state index contributed by atoms with van der Waals surface area (Å²) in [6.07, 6.45) is 0.519. The highest BCUT2D eigenvalue weighted by Gasteiger charge is 1.99. The second-order valence-corrected chi connectivity index (χ2v) is 3.96. The first-order chi connectivity index (χ1) is 8.76. The molecule has 100 valence electrons. The van der Waals surface area contributed by atoms with Crippen LogP contribution in [0.2, 0.25) is 0 Å². The number of carbonyl (C=O) groups excluding carboxylic acids is 1. The van der Waals surface area contributed by atoms with Crippen molar-refractivity contribution in [1.29, 1.82) is 0 Å². The lowest BCUT2D eigenvalue weighted by Crippen LogP contribution is -2.27. The zero-order valence-corrected chi connectivity index (χ0v) is 11.2. The van der Waals surface area contributed by atoms with Crippen LogP contribution < -0.4 is 15.4 Å². The number of amides is 1. The Labute approximate surface area is 109 Å². The van der Waals surface area contributed by atoms with Crippen LogP contribution in [-0.4, -0.2) is 25.6 Å². The summed E-state index contributed by atoms with van der Waals surface area (Å²) in [5.41, 5.74) is 1.19. The SMILES string of the molecule is CCNC(=O)CCNCc1ccc(OCC)cc1. The molecule has 1 amide bonds. The molecule has 0 saturated heterocycles. The topological polar surface area (TPSA) is 50.4 Å². The monoisotopic (exact) mass is 250 g/mol. The molecule has 4 heteroatoms. The predicted molar refractivity (Wildman–Crippen MR) is 72.6 cm³/mol. The number of rotatable bonds is 8. The lowest BCUT2D eigenvalue weighted by atomic mass is 10.2. The van der Waals surface area contributed by atoms with Gasteiger partial charge in [-0.1, -0.05) is 12.1 Å². The van der Waals surface area contributed by atoms with Gasteiger partial charge in [0.2, 0.25) is 5.91 Å². The fourth-order valence-corrected chi connectivity index (χ4v) is 1.59. The molecule has 0 fully saturated rings. The van der Waals surface area contributed by atoms with E-state index in [2.05, 4.69) is 10.6 Å². The molecule has 0 aliphatic rings. The number of ether oxygens (including phenoxy) is 1. The Bertz CT molecular complexity index is 349. The van der Waals surface area contributed by atoms with E-state index in [0.717, 1.165) is 12.3 Å². The third kappa shape index (κ3) is 5.68. The first-order valence-electron chi connectivity index (χ1n) is 6.45. The Balaban J connectivity index is 2.21. The molecule has 0 radical (unpaired) electrons. The van der Waals surface area contributed by atoms with Crippen LogP contribution in [-0.2, 0) is 11.3 Å². The molecule has 0 aliphatic heterocycles. The van der Waals surface area contributed by atoms with Crippen molar-refractivity contribution in [2.45, 2.75) is 26.8 Å². The van der Waals surface area contributed by atoms with E-state index < -0.39 is 0 Å². The van der Waals surface area contributed by atoms with E-state index in [1.165, 1.54) is 5.56 Å². The number of hydrogen-bond acceptors (Lipinski definition) is 3. The zero-order chi connectivity index (χ0) is 13.2. The van der Waals surface area contributed by atoms with Gasteiger partial charge in [0.25, 0.3) is 0 Å². The van der Waals surface area contributed by atoms with E-state index in [1.807, 2.05) is 38.1 Å². The van der Waals surface area contributed by atoms with Crippen molar-refractivity contribution in [2.75, 3.05) is 19.7 Å². The maximum Gasteiger partial charge on any atom is 0.221 e. The van der Waals surface area contributed by atoms with E-state index in [4.69, 9.17) is 4.74 Å². The fraction of sp³-hybridized carbons (Fsp3) is 0.500. The Hall–Kier alpha value is -1.55. The Morgan fingerprint density at radius 1 is 1.22 bits per heavy atom. The van der Waals surface area contributed by atoms with E-state index in [1.54, 1.807) is 0 Å². The fourth-order valence-electron chi connectivity index (χ4n) is 1.59. The standard InChI is InChI=1S/C14H22N2O2/c1-3-16-14(17)9-10-15-11-12-5-7-13(8-6-12)18-4-2/h5-8,15H,3-4,9-11H2,1-2H3,(H,16,17). The summed E-state index contributed by atoms with van der Waals surface area (Å²) in [4.78, 5) is 11.2. The molecule has 1 aromatic rings. The highest BCUT2D eigenvalue weighted by molar-refractivity contribution is 5.75. The molecule has 0 aliphatic carbocycles. The third-order valence-electron chi connectivity index (χ3n) is 2.47. The molecule has 0 bridgehead atoms. The second-order valence-electron chi connectivity index (χ2n) is 3.96. The smallest absolute Gasteiger partial charge is 0.221 e. The number of benzene rings is 1. The number of nitrogens with one attached hydrogen (secondary N) is 2. The van der Waals surface area contributed by atoms with Gasteiger partial charge in [0.15, 0.2) is 0 Å². The molecule has 0 heterocycles. The summed E-state index contributed by atoms with van der Waals surface area (Å²) in [6, 6.07) is 7.99. The largest absolute Gasteiger partial charge is 0.494 e. The van der Waals surface area contributed by atoms with Gasteiger partial charge in [0, 0.05) is 26.1 Å². The van der Waals surface area contributed by atoms with Crippen molar-refractivity contribution in [2.24, 2.45) is 0 Å². The van der Waals surface area contributed by atoms with Crippen molar-refractivity contribution in [3.8, 4) is 5.75 Å². The van der Waals surface area contributed by atoms with Crippen LogP contribution >= 0.6 is 0 Å². The van der Waals surface area contributed by atoms with Crippen molar-refractivity contribution in [3.05, 3.63) is 29.8 Å². The van der Waals surface area contributed by atoms with Crippen molar-refractivity contribution >= 4 is 5.91 Å². The van der Waals surface area contributed by atoms with Gasteiger partial charge < -0.3 is 15.4 Å². The summed E-state index contributed by atoms with van der Waals surface area (Å²) < 4.78 is 5.37. The van der Waals surface area contributed by atoms with Gasteiger partial charge in [-0.15, -0.1) is 0 Å². The minimum Gasteiger partial charge on any atom is -0.494 e. The highest BCUT2D eigenvalue weighted by Crippen LogP contribution is 2.11. The van der Waals surface area contributed by atoms with Crippen LogP contribution in [0.5, 0.6) is 5.75 Å². The van der Waals surface area contributed by atoms with Crippen molar-refractivity contribution in [1.82, 2.24) is 10.6 Å². The Morgan fingerprint density at radius 3 is 2.56 bits per heavy atom. The molecule has 2 N–H and O–H groups in total. The molecule has 18 heavy (non-hydrogen) atoms. The molecule has 1 aromatic carbocycles. The number of carbonyl (C=O) groups is 1. The summed E-state index contributed by atoms with van der Waals surface area (Å²) >= 11 is 0. The van der Waals surface area contributed by atoms with Crippen molar-refractivity contribution in [3.63, 3.8) is 0 Å². The molecule has 0 saturated carbocycles. The normalized spacial score (nSPS) is 10.1. The minimum atomic E-state index is 0.0942. The Kier molecular flexibility index (Phi) is 6.87. The summed E-state index contributed by atoms with van der Waals surface area (Å²) in [5.74, 6) is 0.986. The molecular weight excluding hydrogens is 228 g/mol. The minimum absolute atomic E-state index is 0.0942. The second kappa shape index (κ2) is 8.53. The van der Waals surface area contributed by atoms with Crippen molar-refractivity contribution < 1.29 is 9.53 Å². The van der Waals surface area contributed by atoms with Crippen LogP contribution in [0.25, 0.3) is 0 Å². The maximum atomic E-state index is 11.2. The van der Waals surface area contributed by atoms with Crippen LogP contribution in [0.4, 0.5) is 0 Å². The molecule has 1 rings (SSSR count). The van der Waals surface area contributed by atoms with Crippen LogP contribution in [0.15, 0.2) is 24.3 Å². The molecular formula is C14H22N2O2. The van der Waals surface area contributed by atoms with Gasteiger partial charge in [-0.05, 0) is 31.5 Å². The van der Waals surface area contributed by atoms with Gasteiger partial charge in [-0.2, -0.15) is 0 Å². The maximum absolute atomic E-state index is 11.2. The van der Waals surface area contributed by atoms with Gasteiger partial charge in [0.1, 0.15) is 5.75 Å². The highest BCUT2D eigenvalue weighted by atomic mass is 16.5. The lowest BCUT2D eigenvalue weighted by Gasteiger charge is -2.07. The van der Waals surface area contributed by atoms with E-state index >= 15 is 0 Å². The molecule has 0 aromatic heterocycles. The average Bonchev–Trinajstić information content (AvgIpc) is 2.37. The van der Waals surface area contributed by atoms with Gasteiger partial charge in [-0.25, -0.2) is 0 Å². The average molecular weight is 250 g/mol.